The summed E-state index contributed by atoms with van der Waals surface area (Å²) < 4.78 is 8.64. The second-order valence-electron chi connectivity index (χ2n) is 7.69. The quantitative estimate of drug-likeness (QED) is 0.418. The third-order valence-electron chi connectivity index (χ3n) is 5.00. The molecular weight excluding hydrogens is 410 g/mol. The molecule has 0 radical (unpaired) electrons. The fourth-order valence-electron chi connectivity index (χ4n) is 3.34. The van der Waals surface area contributed by atoms with Crippen LogP contribution in [0.2, 0.25) is 0 Å². The first-order valence-electron chi connectivity index (χ1n) is 10.2. The summed E-state index contributed by atoms with van der Waals surface area (Å²) in [6.45, 7) is 9.67. The number of rotatable bonds is 8. The van der Waals surface area contributed by atoms with Gasteiger partial charge < -0.3 is 9.30 Å². The van der Waals surface area contributed by atoms with Crippen LogP contribution in [0.1, 0.15) is 35.3 Å². The number of nitrogens with zero attached hydrogens (tertiary/aromatic N) is 5. The second kappa shape index (κ2) is 8.95. The first-order chi connectivity index (χ1) is 15.0. The summed E-state index contributed by atoms with van der Waals surface area (Å²) >= 11 is 1.60. The maximum atomic E-state index is 13.2. The van der Waals surface area contributed by atoms with Crippen molar-refractivity contribution in [1.29, 1.82) is 0 Å². The van der Waals surface area contributed by atoms with Gasteiger partial charge in [-0.3, -0.25) is 4.79 Å². The molecule has 0 unspecified atom stereocenters. The van der Waals surface area contributed by atoms with Crippen molar-refractivity contribution in [2.45, 2.75) is 32.7 Å². The standard InChI is InChI=1S/C23H25N5O2S/c1-15(2)22-25-24-20(31-22)12-16(3)18-13-27(10-11-30-4)14-19-21(18)26-28(23(19)29)17-8-6-5-7-9-17/h5-9,13-15H,3,10-12H2,1-2,4H3. The van der Waals surface area contributed by atoms with Crippen LogP contribution in [0.25, 0.3) is 22.5 Å². The van der Waals surface area contributed by atoms with Crippen molar-refractivity contribution in [2.24, 2.45) is 0 Å². The molecule has 0 fully saturated rings. The minimum Gasteiger partial charge on any atom is -0.383 e. The van der Waals surface area contributed by atoms with Crippen LogP contribution in [-0.2, 0) is 17.7 Å². The predicted molar refractivity (Wildman–Crippen MR) is 123 cm³/mol. The topological polar surface area (TPSA) is 74.8 Å². The molecule has 0 amide bonds. The Balaban J connectivity index is 1.78. The Hall–Kier alpha value is -3.10. The number of hydrogen-bond donors (Lipinski definition) is 0. The summed E-state index contributed by atoms with van der Waals surface area (Å²) in [4.78, 5) is 13.2. The van der Waals surface area contributed by atoms with E-state index in [1.807, 2.05) is 47.3 Å². The van der Waals surface area contributed by atoms with Crippen molar-refractivity contribution < 1.29 is 4.74 Å². The zero-order valence-electron chi connectivity index (χ0n) is 17.9. The van der Waals surface area contributed by atoms with Gasteiger partial charge in [-0.05, 0) is 17.7 Å². The molecule has 0 saturated carbocycles. The third kappa shape index (κ3) is 4.35. The lowest BCUT2D eigenvalue weighted by atomic mass is 10.0. The smallest absolute Gasteiger partial charge is 0.282 e. The largest absolute Gasteiger partial charge is 0.383 e. The highest BCUT2D eigenvalue weighted by atomic mass is 32.1. The summed E-state index contributed by atoms with van der Waals surface area (Å²) in [6.07, 6.45) is 4.37. The molecule has 1 aromatic carbocycles. The molecule has 0 N–H and O–H groups in total. The highest BCUT2D eigenvalue weighted by Gasteiger charge is 2.23. The van der Waals surface area contributed by atoms with Crippen molar-refractivity contribution in [3.05, 3.63) is 75.2 Å². The van der Waals surface area contributed by atoms with E-state index in [2.05, 4.69) is 35.7 Å². The lowest BCUT2D eigenvalue weighted by molar-refractivity contribution is 0.187. The van der Waals surface area contributed by atoms with Crippen molar-refractivity contribution >= 4 is 16.9 Å². The Morgan fingerprint density at radius 1 is 1.19 bits per heavy atom. The van der Waals surface area contributed by atoms with Gasteiger partial charge in [-0.25, -0.2) is 0 Å². The highest BCUT2D eigenvalue weighted by molar-refractivity contribution is 7.11. The Morgan fingerprint density at radius 2 is 1.97 bits per heavy atom. The van der Waals surface area contributed by atoms with E-state index in [0.717, 1.165) is 26.8 Å². The summed E-state index contributed by atoms with van der Waals surface area (Å²) in [6, 6.07) is 9.44. The van der Waals surface area contributed by atoms with Crippen molar-refractivity contribution in [3.8, 4) is 16.9 Å². The van der Waals surface area contributed by atoms with E-state index in [1.165, 1.54) is 4.68 Å². The molecule has 1 aromatic heterocycles. The molecule has 7 nitrogen and oxygen atoms in total. The van der Waals surface area contributed by atoms with E-state index in [0.29, 0.717) is 36.7 Å². The minimum atomic E-state index is -0.153. The third-order valence-corrected chi connectivity index (χ3v) is 6.22. The Kier molecular flexibility index (Phi) is 6.11. The molecule has 31 heavy (non-hydrogen) atoms. The summed E-state index contributed by atoms with van der Waals surface area (Å²) in [7, 11) is 1.66. The Morgan fingerprint density at radius 3 is 2.65 bits per heavy atom. The van der Waals surface area contributed by atoms with Crippen LogP contribution in [0, 0.1) is 0 Å². The summed E-state index contributed by atoms with van der Waals surface area (Å²) in [5, 5.41) is 15.2. The molecule has 0 spiro atoms. The van der Waals surface area contributed by atoms with Crippen molar-refractivity contribution in [2.75, 3.05) is 13.7 Å². The van der Waals surface area contributed by atoms with E-state index in [-0.39, 0.29) is 5.56 Å². The summed E-state index contributed by atoms with van der Waals surface area (Å²) in [5.74, 6) is 0.337. The molecule has 0 saturated heterocycles. The molecule has 0 aliphatic carbocycles. The second-order valence-corrected chi connectivity index (χ2v) is 8.78. The maximum Gasteiger partial charge on any atom is 0.282 e. The average Bonchev–Trinajstić information content (AvgIpc) is 3.37. The van der Waals surface area contributed by atoms with Crippen LogP contribution in [-0.4, -0.2) is 38.3 Å². The van der Waals surface area contributed by atoms with E-state index in [9.17, 15) is 4.79 Å². The van der Waals surface area contributed by atoms with Gasteiger partial charge in [0.15, 0.2) is 0 Å². The summed E-state index contributed by atoms with van der Waals surface area (Å²) in [5.41, 5.74) is 3.46. The SMILES string of the molecule is C=C(Cc1nnc(C(C)C)s1)c1cn(CCOC)cc2c(=O)n(-c3ccccc3)nc1-2. The van der Waals surface area contributed by atoms with Gasteiger partial charge in [0.1, 0.15) is 15.7 Å². The van der Waals surface area contributed by atoms with Gasteiger partial charge in [0.2, 0.25) is 0 Å². The number of para-hydroxylation sites is 1. The van der Waals surface area contributed by atoms with Crippen molar-refractivity contribution in [3.63, 3.8) is 0 Å². The van der Waals surface area contributed by atoms with Gasteiger partial charge in [0.25, 0.3) is 5.56 Å². The first kappa shape index (κ1) is 21.1. The van der Waals surface area contributed by atoms with E-state index < -0.39 is 0 Å². The minimum absolute atomic E-state index is 0.153. The molecule has 2 aromatic rings. The van der Waals surface area contributed by atoms with Crippen LogP contribution >= 0.6 is 11.3 Å². The van der Waals surface area contributed by atoms with Crippen LogP contribution in [0.3, 0.4) is 0 Å². The van der Waals surface area contributed by atoms with Gasteiger partial charge in [-0.1, -0.05) is 38.6 Å². The number of fused-ring (bicyclic) bond motifs is 1. The van der Waals surface area contributed by atoms with Crippen LogP contribution in [0.4, 0.5) is 0 Å². The lowest BCUT2D eigenvalue weighted by Crippen LogP contribution is -2.15. The number of aromatic nitrogens is 5. The fourth-order valence-corrected chi connectivity index (χ4v) is 4.22. The van der Waals surface area contributed by atoms with Crippen LogP contribution < -0.4 is 5.56 Å². The van der Waals surface area contributed by atoms with Gasteiger partial charge in [0, 0.05) is 44.0 Å². The molecule has 0 bridgehead atoms. The number of allylic oxidation sites excluding steroid dienone is 1. The van der Waals surface area contributed by atoms with Gasteiger partial charge >= 0.3 is 0 Å². The number of methoxy groups -OCH3 is 1. The number of benzene rings is 1. The normalized spacial score (nSPS) is 11.5. The fraction of sp³-hybridized carbons (Fsp3) is 0.304. The number of ether oxygens (including phenoxy) is 1. The van der Waals surface area contributed by atoms with Crippen molar-refractivity contribution in [1.82, 2.24) is 24.5 Å². The zero-order valence-corrected chi connectivity index (χ0v) is 18.7. The first-order valence-corrected chi connectivity index (χ1v) is 11.0. The monoisotopic (exact) mass is 435 g/mol. The molecular formula is C23H25N5O2S. The van der Waals surface area contributed by atoms with E-state index in [4.69, 9.17) is 4.74 Å². The molecule has 3 heterocycles. The van der Waals surface area contributed by atoms with E-state index in [1.54, 1.807) is 18.4 Å². The zero-order chi connectivity index (χ0) is 22.0. The molecule has 160 valence electrons. The highest BCUT2D eigenvalue weighted by Crippen LogP contribution is 2.30. The molecule has 2 aliphatic heterocycles. The average molecular weight is 436 g/mol. The van der Waals surface area contributed by atoms with Gasteiger partial charge in [-0.2, -0.15) is 9.78 Å². The molecule has 8 heteroatoms. The van der Waals surface area contributed by atoms with Gasteiger partial charge in [0.05, 0.1) is 17.9 Å². The number of hydrogen-bond acceptors (Lipinski definition) is 6. The molecule has 2 aliphatic rings. The maximum absolute atomic E-state index is 13.2. The predicted octanol–water partition coefficient (Wildman–Crippen LogP) is 4.02. The van der Waals surface area contributed by atoms with E-state index >= 15 is 0 Å². The Bertz CT molecular complexity index is 1220. The molecule has 4 rings (SSSR count). The van der Waals surface area contributed by atoms with Gasteiger partial charge in [-0.15, -0.1) is 21.5 Å². The lowest BCUT2D eigenvalue weighted by Gasteiger charge is -2.13. The van der Waals surface area contributed by atoms with Crippen LogP contribution in [0.5, 0.6) is 0 Å². The van der Waals surface area contributed by atoms with Crippen LogP contribution in [0.15, 0.2) is 54.1 Å². The molecule has 0 atom stereocenters. The number of pyridine rings is 1. The Labute approximate surface area is 185 Å².